The predicted octanol–water partition coefficient (Wildman–Crippen LogP) is 2.90. The average Bonchev–Trinajstić information content (AvgIpc) is 3.19. The Balaban J connectivity index is 1.64. The molecule has 0 unspecified atom stereocenters. The van der Waals surface area contributed by atoms with Gasteiger partial charge in [-0.2, -0.15) is 5.26 Å². The Labute approximate surface area is 167 Å². The van der Waals surface area contributed by atoms with Crippen LogP contribution < -0.4 is 19.5 Å². The fourth-order valence-corrected chi connectivity index (χ4v) is 2.53. The molecular weight excluding hydrogens is 376 g/mol. The molecule has 1 N–H and O–H groups in total. The molecule has 1 amide bonds. The van der Waals surface area contributed by atoms with Crippen molar-refractivity contribution >= 4 is 23.6 Å². The summed E-state index contributed by atoms with van der Waals surface area (Å²) in [4.78, 5) is 24.6. The van der Waals surface area contributed by atoms with E-state index in [0.29, 0.717) is 28.5 Å². The second kappa shape index (κ2) is 8.80. The van der Waals surface area contributed by atoms with E-state index in [0.717, 1.165) is 0 Å². The number of nitrogens with zero attached hydrogens (tertiary/aromatic N) is 1. The molecule has 0 saturated carbocycles. The fourth-order valence-electron chi connectivity index (χ4n) is 2.53. The summed E-state index contributed by atoms with van der Waals surface area (Å²) >= 11 is 0. The van der Waals surface area contributed by atoms with Gasteiger partial charge in [0.05, 0.1) is 7.11 Å². The lowest BCUT2D eigenvalue weighted by molar-refractivity contribution is -0.148. The molecule has 0 fully saturated rings. The molecule has 8 nitrogen and oxygen atoms in total. The fraction of sp³-hybridized carbons (Fsp3) is 0.190. The molecule has 2 aromatic carbocycles. The smallest absolute Gasteiger partial charge is 0.349 e. The van der Waals surface area contributed by atoms with Crippen LogP contribution >= 0.6 is 0 Å². The molecule has 0 bridgehead atoms. The van der Waals surface area contributed by atoms with Crippen molar-refractivity contribution < 1.29 is 28.5 Å². The van der Waals surface area contributed by atoms with E-state index in [9.17, 15) is 14.9 Å². The zero-order valence-corrected chi connectivity index (χ0v) is 15.8. The lowest BCUT2D eigenvalue weighted by Gasteiger charge is -2.13. The van der Waals surface area contributed by atoms with Gasteiger partial charge in [-0.15, -0.1) is 0 Å². The first-order valence-corrected chi connectivity index (χ1v) is 8.67. The number of benzene rings is 2. The topological polar surface area (TPSA) is 107 Å². The first kappa shape index (κ1) is 19.8. The second-order valence-corrected chi connectivity index (χ2v) is 6.05. The molecule has 8 heteroatoms. The van der Waals surface area contributed by atoms with Gasteiger partial charge in [0, 0.05) is 11.8 Å². The molecule has 0 radical (unpaired) electrons. The number of hydrogen-bond donors (Lipinski definition) is 1. The number of nitrogens with one attached hydrogen (secondary N) is 1. The van der Waals surface area contributed by atoms with Crippen molar-refractivity contribution in [3.63, 3.8) is 0 Å². The Morgan fingerprint density at radius 1 is 1.21 bits per heavy atom. The van der Waals surface area contributed by atoms with Gasteiger partial charge in [0.15, 0.2) is 17.6 Å². The van der Waals surface area contributed by atoms with Crippen LogP contribution in [-0.4, -0.2) is 31.9 Å². The van der Waals surface area contributed by atoms with Gasteiger partial charge in [-0.1, -0.05) is 12.1 Å². The number of carbonyl (C=O) groups excluding carboxylic acids is 2. The van der Waals surface area contributed by atoms with Crippen molar-refractivity contribution in [1.29, 1.82) is 5.26 Å². The number of methoxy groups -OCH3 is 1. The molecule has 148 valence electrons. The maximum atomic E-state index is 12.3. The van der Waals surface area contributed by atoms with E-state index in [1.54, 1.807) is 48.5 Å². The molecule has 0 aromatic heterocycles. The third-order valence-electron chi connectivity index (χ3n) is 4.04. The first-order chi connectivity index (χ1) is 14.0. The lowest BCUT2D eigenvalue weighted by atomic mass is 10.1. The maximum Gasteiger partial charge on any atom is 0.349 e. The summed E-state index contributed by atoms with van der Waals surface area (Å²) in [5, 5.41) is 11.9. The predicted molar refractivity (Wildman–Crippen MR) is 103 cm³/mol. The molecule has 1 heterocycles. The zero-order chi connectivity index (χ0) is 20.8. The molecule has 0 aliphatic carbocycles. The summed E-state index contributed by atoms with van der Waals surface area (Å²) in [5.41, 5.74) is 0.825. The van der Waals surface area contributed by atoms with Crippen molar-refractivity contribution in [3.8, 4) is 23.3 Å². The Morgan fingerprint density at radius 2 is 2.00 bits per heavy atom. The van der Waals surface area contributed by atoms with Gasteiger partial charge in [-0.05, 0) is 42.8 Å². The van der Waals surface area contributed by atoms with Crippen molar-refractivity contribution in [2.24, 2.45) is 0 Å². The number of esters is 1. The van der Waals surface area contributed by atoms with E-state index in [1.807, 2.05) is 0 Å². The number of fused-ring (bicyclic) bond motifs is 1. The zero-order valence-electron chi connectivity index (χ0n) is 15.8. The van der Waals surface area contributed by atoms with Crippen LogP contribution in [0.5, 0.6) is 17.2 Å². The summed E-state index contributed by atoms with van der Waals surface area (Å²) in [6.45, 7) is 1.54. The highest BCUT2D eigenvalue weighted by Crippen LogP contribution is 2.34. The monoisotopic (exact) mass is 394 g/mol. The minimum atomic E-state index is -1.12. The largest absolute Gasteiger partial charge is 0.497 e. The van der Waals surface area contributed by atoms with E-state index in [4.69, 9.17) is 18.9 Å². The number of hydrogen-bond acceptors (Lipinski definition) is 7. The molecule has 1 aliphatic rings. The molecule has 0 saturated heterocycles. The Kier molecular flexibility index (Phi) is 6.00. The standard InChI is InChI=1S/C21H18N2O6/c1-13(20(24)23-16-6-7-18-19(10-16)28-12-27-18)29-21(25)15(11-22)8-14-4-3-5-17(9-14)26-2/h3-10,13H,12H2,1-2H3,(H,23,24)/b15-8+/t13-/m0/s1. The van der Waals surface area contributed by atoms with Crippen LogP contribution in [-0.2, 0) is 14.3 Å². The number of ether oxygens (including phenoxy) is 4. The van der Waals surface area contributed by atoms with Gasteiger partial charge >= 0.3 is 5.97 Å². The number of amides is 1. The normalized spacial score (nSPS) is 13.2. The van der Waals surface area contributed by atoms with E-state index in [-0.39, 0.29) is 12.4 Å². The van der Waals surface area contributed by atoms with Crippen LogP contribution in [0, 0.1) is 11.3 Å². The van der Waals surface area contributed by atoms with Crippen LogP contribution in [0.1, 0.15) is 12.5 Å². The molecular formula is C21H18N2O6. The van der Waals surface area contributed by atoms with Gasteiger partial charge < -0.3 is 24.3 Å². The quantitative estimate of drug-likeness (QED) is 0.456. The number of carbonyl (C=O) groups is 2. The summed E-state index contributed by atoms with van der Waals surface area (Å²) in [6, 6.07) is 13.6. The summed E-state index contributed by atoms with van der Waals surface area (Å²) in [7, 11) is 1.52. The lowest BCUT2D eigenvalue weighted by Crippen LogP contribution is -2.30. The summed E-state index contributed by atoms with van der Waals surface area (Å²) < 4.78 is 20.7. The van der Waals surface area contributed by atoms with Crippen LogP contribution in [0.3, 0.4) is 0 Å². The number of rotatable bonds is 6. The van der Waals surface area contributed by atoms with E-state index >= 15 is 0 Å². The molecule has 1 atom stereocenters. The van der Waals surface area contributed by atoms with Crippen molar-refractivity contribution in [2.45, 2.75) is 13.0 Å². The summed E-state index contributed by atoms with van der Waals surface area (Å²) in [5.74, 6) is 0.240. The SMILES string of the molecule is COc1cccc(/C=C(\C#N)C(=O)O[C@@H](C)C(=O)Nc2ccc3c(c2)OCO3)c1. The van der Waals surface area contributed by atoms with E-state index in [2.05, 4.69) is 5.32 Å². The van der Waals surface area contributed by atoms with E-state index < -0.39 is 18.0 Å². The molecule has 3 rings (SSSR count). The van der Waals surface area contributed by atoms with Gasteiger partial charge in [0.1, 0.15) is 17.4 Å². The van der Waals surface area contributed by atoms with Gasteiger partial charge in [0.25, 0.3) is 5.91 Å². The van der Waals surface area contributed by atoms with Crippen molar-refractivity contribution in [3.05, 3.63) is 53.6 Å². The molecule has 1 aliphatic heterocycles. The highest BCUT2D eigenvalue weighted by atomic mass is 16.7. The minimum Gasteiger partial charge on any atom is -0.497 e. The average molecular weight is 394 g/mol. The van der Waals surface area contributed by atoms with Crippen LogP contribution in [0.2, 0.25) is 0 Å². The Hall–Kier alpha value is -3.99. The summed E-state index contributed by atoms with van der Waals surface area (Å²) in [6.07, 6.45) is 0.253. The van der Waals surface area contributed by atoms with Crippen molar-refractivity contribution in [2.75, 3.05) is 19.2 Å². The Bertz CT molecular complexity index is 1010. The molecule has 2 aromatic rings. The van der Waals surface area contributed by atoms with Crippen molar-refractivity contribution in [1.82, 2.24) is 0 Å². The molecule has 29 heavy (non-hydrogen) atoms. The first-order valence-electron chi connectivity index (χ1n) is 8.67. The van der Waals surface area contributed by atoms with Gasteiger partial charge in [0.2, 0.25) is 6.79 Å². The minimum absolute atomic E-state index is 0.122. The van der Waals surface area contributed by atoms with Crippen LogP contribution in [0.4, 0.5) is 5.69 Å². The van der Waals surface area contributed by atoms with Crippen LogP contribution in [0.15, 0.2) is 48.0 Å². The maximum absolute atomic E-state index is 12.3. The number of anilines is 1. The van der Waals surface area contributed by atoms with Gasteiger partial charge in [-0.25, -0.2) is 4.79 Å². The highest BCUT2D eigenvalue weighted by Gasteiger charge is 2.22. The Morgan fingerprint density at radius 3 is 2.76 bits per heavy atom. The molecule has 0 spiro atoms. The highest BCUT2D eigenvalue weighted by molar-refractivity contribution is 6.01. The third kappa shape index (κ3) is 4.84. The number of nitriles is 1. The van der Waals surface area contributed by atoms with Gasteiger partial charge in [-0.3, -0.25) is 4.79 Å². The third-order valence-corrected chi connectivity index (χ3v) is 4.04. The van der Waals surface area contributed by atoms with E-state index in [1.165, 1.54) is 20.1 Å². The van der Waals surface area contributed by atoms with Crippen LogP contribution in [0.25, 0.3) is 6.08 Å². The second-order valence-electron chi connectivity index (χ2n) is 6.05.